The number of nitro benzene ring substituents is 1. The first-order valence-corrected chi connectivity index (χ1v) is 3.97. The van der Waals surface area contributed by atoms with Crippen molar-refractivity contribution in [2.75, 3.05) is 7.05 Å². The highest BCUT2D eigenvalue weighted by Crippen LogP contribution is 2.17. The molecule has 0 aliphatic heterocycles. The molecule has 0 heterocycles. The van der Waals surface area contributed by atoms with Crippen LogP contribution >= 0.6 is 0 Å². The summed E-state index contributed by atoms with van der Waals surface area (Å²) in [5.74, 6) is 0. The number of hydrogen-bond donors (Lipinski definition) is 0. The maximum atomic E-state index is 10.3. The molecule has 0 fully saturated rings. The molecule has 1 aromatic rings. The summed E-state index contributed by atoms with van der Waals surface area (Å²) < 4.78 is 0. The zero-order chi connectivity index (χ0) is 11.3. The van der Waals surface area contributed by atoms with Gasteiger partial charge in [0.2, 0.25) is 6.41 Å². The van der Waals surface area contributed by atoms with E-state index in [9.17, 15) is 14.9 Å². The van der Waals surface area contributed by atoms with Gasteiger partial charge in [0.1, 0.15) is 0 Å². The second-order valence-corrected chi connectivity index (χ2v) is 2.64. The molecule has 15 heavy (non-hydrogen) atoms. The lowest BCUT2D eigenvalue weighted by atomic mass is 10.3. The van der Waals surface area contributed by atoms with Crippen molar-refractivity contribution >= 4 is 17.8 Å². The molecular weight excluding hydrogens is 200 g/mol. The predicted molar refractivity (Wildman–Crippen MR) is 51.4 cm³/mol. The smallest absolute Gasteiger partial charge is 0.269 e. The molecule has 0 N–H and O–H groups in total. The van der Waals surface area contributed by atoms with E-state index in [-0.39, 0.29) is 5.69 Å². The Labute approximate surface area is 85.2 Å². The minimum absolute atomic E-state index is 0.0160. The lowest BCUT2D eigenvalue weighted by molar-refractivity contribution is -0.384. The Balaban J connectivity index is 2.76. The molecule has 0 unspecified atom stereocenters. The van der Waals surface area contributed by atoms with Crippen LogP contribution in [0.5, 0.6) is 0 Å². The van der Waals surface area contributed by atoms with Crippen molar-refractivity contribution in [1.82, 2.24) is 5.01 Å². The molecule has 7 nitrogen and oxygen atoms in total. The zero-order valence-electron chi connectivity index (χ0n) is 7.90. The van der Waals surface area contributed by atoms with Crippen molar-refractivity contribution in [1.29, 1.82) is 0 Å². The average molecular weight is 208 g/mol. The van der Waals surface area contributed by atoms with E-state index in [1.807, 2.05) is 0 Å². The van der Waals surface area contributed by atoms with Crippen molar-refractivity contribution in [3.63, 3.8) is 0 Å². The molecule has 0 atom stereocenters. The Kier molecular flexibility index (Phi) is 3.44. The van der Waals surface area contributed by atoms with Gasteiger partial charge in [0.15, 0.2) is 0 Å². The average Bonchev–Trinajstić information content (AvgIpc) is 2.26. The molecule has 0 bridgehead atoms. The lowest BCUT2D eigenvalue weighted by Crippen LogP contribution is -2.04. The van der Waals surface area contributed by atoms with Gasteiger partial charge in [0.05, 0.1) is 10.6 Å². The van der Waals surface area contributed by atoms with Crippen molar-refractivity contribution < 1.29 is 9.72 Å². The van der Waals surface area contributed by atoms with Gasteiger partial charge in [-0.2, -0.15) is 0 Å². The highest BCUT2D eigenvalue weighted by molar-refractivity contribution is 5.46. The van der Waals surface area contributed by atoms with Crippen LogP contribution in [-0.4, -0.2) is 23.4 Å². The van der Waals surface area contributed by atoms with E-state index in [4.69, 9.17) is 0 Å². The first-order chi connectivity index (χ1) is 7.13. The van der Waals surface area contributed by atoms with Gasteiger partial charge in [0, 0.05) is 19.2 Å². The number of nitrogens with zero attached hydrogens (tertiary/aromatic N) is 4. The maximum absolute atomic E-state index is 10.3. The Morgan fingerprint density at radius 1 is 1.40 bits per heavy atom. The normalized spacial score (nSPS) is 10.2. The predicted octanol–water partition coefficient (Wildman–Crippen LogP) is 1.68. The number of non-ortho nitro benzene ring substituents is 1. The third-order valence-electron chi connectivity index (χ3n) is 1.51. The standard InChI is InChI=1S/C8H8N4O3/c1-11(6-13)10-9-7-2-4-8(5-3-7)12(14)15/h2-6H,1H3. The van der Waals surface area contributed by atoms with E-state index in [1.54, 1.807) is 0 Å². The van der Waals surface area contributed by atoms with Crippen LogP contribution in [0, 0.1) is 10.1 Å². The van der Waals surface area contributed by atoms with Gasteiger partial charge in [-0.25, -0.2) is 5.01 Å². The fourth-order valence-electron chi connectivity index (χ4n) is 0.784. The van der Waals surface area contributed by atoms with Gasteiger partial charge in [-0.3, -0.25) is 14.9 Å². The molecule has 0 radical (unpaired) electrons. The second kappa shape index (κ2) is 4.80. The number of amides is 1. The lowest BCUT2D eigenvalue weighted by Gasteiger charge is -1.98. The molecule has 1 amide bonds. The highest BCUT2D eigenvalue weighted by atomic mass is 16.6. The fraction of sp³-hybridized carbons (Fsp3) is 0.125. The summed E-state index contributed by atoms with van der Waals surface area (Å²) in [6.07, 6.45) is 0.495. The number of hydrogen-bond acceptors (Lipinski definition) is 5. The van der Waals surface area contributed by atoms with E-state index >= 15 is 0 Å². The number of rotatable bonds is 4. The van der Waals surface area contributed by atoms with Gasteiger partial charge in [0.25, 0.3) is 5.69 Å². The molecule has 1 rings (SSSR count). The molecule has 0 aliphatic rings. The summed E-state index contributed by atoms with van der Waals surface area (Å²) in [5.41, 5.74) is 0.423. The molecule has 7 heteroatoms. The monoisotopic (exact) mass is 208 g/mol. The summed E-state index contributed by atoms with van der Waals surface area (Å²) in [6.45, 7) is 0. The van der Waals surface area contributed by atoms with Crippen LogP contribution in [-0.2, 0) is 4.79 Å². The minimum atomic E-state index is -0.502. The van der Waals surface area contributed by atoms with Crippen LogP contribution in [0.2, 0.25) is 0 Å². The van der Waals surface area contributed by atoms with Gasteiger partial charge in [-0.05, 0) is 12.1 Å². The van der Waals surface area contributed by atoms with E-state index in [1.165, 1.54) is 31.3 Å². The summed E-state index contributed by atoms with van der Waals surface area (Å²) in [4.78, 5) is 20.0. The zero-order valence-corrected chi connectivity index (χ0v) is 7.90. The largest absolute Gasteiger partial charge is 0.277 e. The molecular formula is C8H8N4O3. The van der Waals surface area contributed by atoms with E-state index < -0.39 is 4.92 Å². The van der Waals surface area contributed by atoms with Gasteiger partial charge >= 0.3 is 0 Å². The quantitative estimate of drug-likeness (QED) is 0.326. The third-order valence-corrected chi connectivity index (χ3v) is 1.51. The highest BCUT2D eigenvalue weighted by Gasteiger charge is 2.02. The number of carbonyl (C=O) groups excluding carboxylic acids is 1. The Bertz CT molecular complexity index is 387. The molecule has 0 saturated heterocycles. The molecule has 0 aliphatic carbocycles. The molecule has 0 spiro atoms. The van der Waals surface area contributed by atoms with Crippen LogP contribution in [0.1, 0.15) is 0 Å². The number of carbonyl (C=O) groups is 1. The van der Waals surface area contributed by atoms with Crippen molar-refractivity contribution in [2.45, 2.75) is 0 Å². The second-order valence-electron chi connectivity index (χ2n) is 2.64. The third kappa shape index (κ3) is 3.14. The molecule has 0 aromatic heterocycles. The Morgan fingerprint density at radius 2 is 2.00 bits per heavy atom. The minimum Gasteiger partial charge on any atom is -0.277 e. The summed E-state index contributed by atoms with van der Waals surface area (Å²) in [6, 6.07) is 5.52. The number of nitro groups is 1. The summed E-state index contributed by atoms with van der Waals surface area (Å²) in [5, 5.41) is 18.5. The maximum Gasteiger partial charge on any atom is 0.269 e. The molecule has 0 saturated carbocycles. The van der Waals surface area contributed by atoms with Crippen molar-refractivity contribution in [2.24, 2.45) is 10.3 Å². The van der Waals surface area contributed by atoms with Crippen molar-refractivity contribution in [3.05, 3.63) is 34.4 Å². The van der Waals surface area contributed by atoms with Crippen LogP contribution < -0.4 is 0 Å². The first kappa shape index (κ1) is 10.8. The molecule has 78 valence electrons. The fourth-order valence-corrected chi connectivity index (χ4v) is 0.784. The number of benzene rings is 1. The van der Waals surface area contributed by atoms with Gasteiger partial charge < -0.3 is 0 Å². The van der Waals surface area contributed by atoms with Crippen LogP contribution in [0.4, 0.5) is 11.4 Å². The van der Waals surface area contributed by atoms with Crippen LogP contribution in [0.15, 0.2) is 34.6 Å². The van der Waals surface area contributed by atoms with E-state index in [2.05, 4.69) is 10.3 Å². The summed E-state index contributed by atoms with van der Waals surface area (Å²) >= 11 is 0. The van der Waals surface area contributed by atoms with Crippen molar-refractivity contribution in [3.8, 4) is 0 Å². The van der Waals surface area contributed by atoms with E-state index in [0.29, 0.717) is 12.1 Å². The topological polar surface area (TPSA) is 88.2 Å². The van der Waals surface area contributed by atoms with Crippen LogP contribution in [0.3, 0.4) is 0 Å². The van der Waals surface area contributed by atoms with E-state index in [0.717, 1.165) is 5.01 Å². The van der Waals surface area contributed by atoms with Gasteiger partial charge in [-0.15, -0.1) is 5.11 Å². The van der Waals surface area contributed by atoms with Crippen LogP contribution in [0.25, 0.3) is 0 Å². The first-order valence-electron chi connectivity index (χ1n) is 3.97. The van der Waals surface area contributed by atoms with Gasteiger partial charge in [-0.1, -0.05) is 5.22 Å². The SMILES string of the molecule is CN(C=O)N=Nc1ccc([N+](=O)[O-])cc1. The Morgan fingerprint density at radius 3 is 2.47 bits per heavy atom. The molecule has 1 aromatic carbocycles. The Hall–Kier alpha value is -2.31. The summed E-state index contributed by atoms with van der Waals surface area (Å²) in [7, 11) is 1.43.